The van der Waals surface area contributed by atoms with Crippen molar-refractivity contribution in [2.75, 3.05) is 13.4 Å². The van der Waals surface area contributed by atoms with Gasteiger partial charge in [-0.2, -0.15) is 4.98 Å². The first-order valence-corrected chi connectivity index (χ1v) is 4.57. The summed E-state index contributed by atoms with van der Waals surface area (Å²) in [6.07, 6.45) is 1.86. The lowest BCUT2D eigenvalue weighted by Crippen LogP contribution is -2.18. The molecule has 0 saturated heterocycles. The van der Waals surface area contributed by atoms with Crippen LogP contribution in [0.25, 0.3) is 0 Å². The van der Waals surface area contributed by atoms with Crippen LogP contribution in [-0.4, -0.2) is 22.9 Å². The van der Waals surface area contributed by atoms with Crippen molar-refractivity contribution in [3.05, 3.63) is 16.4 Å². The molecule has 0 N–H and O–H groups in total. The van der Waals surface area contributed by atoms with Crippen molar-refractivity contribution in [1.82, 2.24) is 9.55 Å². The third kappa shape index (κ3) is 1.61. The second-order valence-corrected chi connectivity index (χ2v) is 2.96. The van der Waals surface area contributed by atoms with Crippen LogP contribution < -0.4 is 10.3 Å². The van der Waals surface area contributed by atoms with Gasteiger partial charge in [-0.15, -0.1) is 0 Å². The smallest absolute Gasteiger partial charge is 0.257 e. The fraction of sp³-hybridized carbons (Fsp3) is 0.429. The molecule has 0 aliphatic rings. The monoisotopic (exact) mass is 186 g/mol. The van der Waals surface area contributed by atoms with Crippen molar-refractivity contribution in [3.8, 4) is 5.88 Å². The molecule has 0 saturated carbocycles. The van der Waals surface area contributed by atoms with E-state index in [4.69, 9.17) is 4.74 Å². The second-order valence-electron chi connectivity index (χ2n) is 2.18. The van der Waals surface area contributed by atoms with Crippen LogP contribution in [0.15, 0.2) is 16.0 Å². The third-order valence-corrected chi connectivity index (χ3v) is 2.19. The maximum absolute atomic E-state index is 11.2. The van der Waals surface area contributed by atoms with E-state index in [9.17, 15) is 4.79 Å². The van der Waals surface area contributed by atoms with E-state index in [0.717, 1.165) is 0 Å². The van der Waals surface area contributed by atoms with E-state index in [-0.39, 0.29) is 5.56 Å². The zero-order valence-corrected chi connectivity index (χ0v) is 8.01. The summed E-state index contributed by atoms with van der Waals surface area (Å²) in [5.41, 5.74) is -0.105. The number of aromatic nitrogens is 2. The molecule has 66 valence electrons. The molecular formula is C7H10N2O2S. The minimum Gasteiger partial charge on any atom is -0.481 e. The van der Waals surface area contributed by atoms with Crippen molar-refractivity contribution < 1.29 is 4.74 Å². The van der Waals surface area contributed by atoms with E-state index in [0.29, 0.717) is 11.0 Å². The van der Waals surface area contributed by atoms with Crippen LogP contribution in [0.4, 0.5) is 0 Å². The molecule has 0 radical (unpaired) electrons. The van der Waals surface area contributed by atoms with Crippen molar-refractivity contribution in [2.45, 2.75) is 5.16 Å². The molecule has 1 heterocycles. The average molecular weight is 186 g/mol. The first-order chi connectivity index (χ1) is 5.69. The molecule has 0 unspecified atom stereocenters. The molecule has 1 aromatic rings. The topological polar surface area (TPSA) is 44.1 Å². The quantitative estimate of drug-likeness (QED) is 0.498. The molecule has 0 fully saturated rings. The minimum atomic E-state index is -0.105. The van der Waals surface area contributed by atoms with Gasteiger partial charge >= 0.3 is 0 Å². The summed E-state index contributed by atoms with van der Waals surface area (Å²) in [5, 5.41) is 0.652. The lowest BCUT2D eigenvalue weighted by molar-refractivity contribution is 0.387. The van der Waals surface area contributed by atoms with E-state index >= 15 is 0 Å². The van der Waals surface area contributed by atoms with Crippen molar-refractivity contribution in [2.24, 2.45) is 7.05 Å². The summed E-state index contributed by atoms with van der Waals surface area (Å²) in [7, 11) is 3.17. The third-order valence-electron chi connectivity index (χ3n) is 1.46. The van der Waals surface area contributed by atoms with E-state index in [1.54, 1.807) is 7.05 Å². The van der Waals surface area contributed by atoms with Gasteiger partial charge in [-0.25, -0.2) is 0 Å². The van der Waals surface area contributed by atoms with Gasteiger partial charge in [0.05, 0.1) is 13.2 Å². The molecule has 4 nitrogen and oxygen atoms in total. The highest BCUT2D eigenvalue weighted by Crippen LogP contribution is 2.11. The van der Waals surface area contributed by atoms with E-state index in [2.05, 4.69) is 4.98 Å². The molecule has 0 amide bonds. The molecule has 5 heteroatoms. The van der Waals surface area contributed by atoms with Crippen LogP contribution in [0, 0.1) is 0 Å². The number of thioether (sulfide) groups is 1. The van der Waals surface area contributed by atoms with Crippen LogP contribution in [0.1, 0.15) is 0 Å². The van der Waals surface area contributed by atoms with E-state index < -0.39 is 0 Å². The summed E-state index contributed by atoms with van der Waals surface area (Å²) >= 11 is 1.41. The van der Waals surface area contributed by atoms with Crippen LogP contribution >= 0.6 is 11.8 Å². The predicted molar refractivity (Wildman–Crippen MR) is 47.8 cm³/mol. The summed E-state index contributed by atoms with van der Waals surface area (Å²) in [6.45, 7) is 0. The summed E-state index contributed by atoms with van der Waals surface area (Å²) < 4.78 is 6.33. The summed E-state index contributed by atoms with van der Waals surface area (Å²) in [5.74, 6) is 0.363. The molecule has 0 spiro atoms. The van der Waals surface area contributed by atoms with Crippen LogP contribution in [0.5, 0.6) is 5.88 Å². The van der Waals surface area contributed by atoms with Gasteiger partial charge in [-0.1, -0.05) is 11.8 Å². The fourth-order valence-corrected chi connectivity index (χ4v) is 1.33. The number of nitrogens with zero attached hydrogens (tertiary/aromatic N) is 2. The van der Waals surface area contributed by atoms with Crippen LogP contribution in [0.2, 0.25) is 0 Å². The van der Waals surface area contributed by atoms with E-state index in [1.165, 1.54) is 29.5 Å². The molecule has 0 aromatic carbocycles. The maximum Gasteiger partial charge on any atom is 0.257 e. The zero-order valence-electron chi connectivity index (χ0n) is 7.20. The highest BCUT2D eigenvalue weighted by molar-refractivity contribution is 7.98. The van der Waals surface area contributed by atoms with Gasteiger partial charge in [0.1, 0.15) is 0 Å². The van der Waals surface area contributed by atoms with Gasteiger partial charge in [0.15, 0.2) is 5.16 Å². The Morgan fingerprint density at radius 2 is 2.33 bits per heavy atom. The largest absolute Gasteiger partial charge is 0.481 e. The predicted octanol–water partition coefficient (Wildman–Crippen LogP) is 0.511. The average Bonchev–Trinajstić information content (AvgIpc) is 2.09. The normalized spacial score (nSPS) is 9.92. The molecular weight excluding hydrogens is 176 g/mol. The highest BCUT2D eigenvalue weighted by atomic mass is 32.2. The molecule has 0 aliphatic carbocycles. The highest BCUT2D eigenvalue weighted by Gasteiger charge is 2.03. The van der Waals surface area contributed by atoms with Gasteiger partial charge in [-0.05, 0) is 6.26 Å². The molecule has 0 atom stereocenters. The Hall–Kier alpha value is -0.970. The van der Waals surface area contributed by atoms with Crippen LogP contribution in [-0.2, 0) is 7.05 Å². The maximum atomic E-state index is 11.2. The van der Waals surface area contributed by atoms with Gasteiger partial charge in [0, 0.05) is 7.05 Å². The van der Waals surface area contributed by atoms with Gasteiger partial charge in [0.25, 0.3) is 5.56 Å². The van der Waals surface area contributed by atoms with Crippen molar-refractivity contribution in [3.63, 3.8) is 0 Å². The molecule has 0 aliphatic heterocycles. The van der Waals surface area contributed by atoms with Gasteiger partial charge in [0.2, 0.25) is 5.88 Å². The molecule has 1 rings (SSSR count). The van der Waals surface area contributed by atoms with Crippen molar-refractivity contribution >= 4 is 11.8 Å². The minimum absolute atomic E-state index is 0.105. The second kappa shape index (κ2) is 3.62. The Labute approximate surface area is 74.6 Å². The number of rotatable bonds is 2. The number of hydrogen-bond acceptors (Lipinski definition) is 4. The fourth-order valence-electron chi connectivity index (χ4n) is 0.785. The Bertz CT molecular complexity index is 335. The first kappa shape index (κ1) is 9.12. The lowest BCUT2D eigenvalue weighted by Gasteiger charge is -2.04. The van der Waals surface area contributed by atoms with Gasteiger partial charge < -0.3 is 4.74 Å². The SMILES string of the molecule is COc1cc(=O)n(C)c(SC)n1. The Morgan fingerprint density at radius 3 is 2.83 bits per heavy atom. The van der Waals surface area contributed by atoms with Crippen molar-refractivity contribution in [1.29, 1.82) is 0 Å². The first-order valence-electron chi connectivity index (χ1n) is 3.35. The molecule has 1 aromatic heterocycles. The van der Waals surface area contributed by atoms with Crippen LogP contribution in [0.3, 0.4) is 0 Å². The number of methoxy groups -OCH3 is 1. The number of ether oxygens (including phenoxy) is 1. The standard InChI is InChI=1S/C7H10N2O2S/c1-9-6(10)4-5(11-2)8-7(9)12-3/h4H,1-3H3. The van der Waals surface area contributed by atoms with Gasteiger partial charge in [-0.3, -0.25) is 9.36 Å². The van der Waals surface area contributed by atoms with E-state index in [1.807, 2.05) is 6.26 Å². The summed E-state index contributed by atoms with van der Waals surface area (Å²) in [6, 6.07) is 1.36. The number of hydrogen-bond donors (Lipinski definition) is 0. The zero-order chi connectivity index (χ0) is 9.14. The molecule has 0 bridgehead atoms. The Balaban J connectivity index is 3.29. The summed E-state index contributed by atoms with van der Waals surface area (Å²) in [4.78, 5) is 15.3. The lowest BCUT2D eigenvalue weighted by atomic mass is 10.6. The molecule has 12 heavy (non-hydrogen) atoms. The Kier molecular flexibility index (Phi) is 2.75. The Morgan fingerprint density at radius 1 is 1.67 bits per heavy atom.